The van der Waals surface area contributed by atoms with Crippen molar-refractivity contribution in [1.82, 2.24) is 5.32 Å². The van der Waals surface area contributed by atoms with Crippen molar-refractivity contribution >= 4 is 5.91 Å². The molecule has 1 unspecified atom stereocenters. The molecule has 0 saturated heterocycles. The predicted octanol–water partition coefficient (Wildman–Crippen LogP) is 2.11. The van der Waals surface area contributed by atoms with Crippen LogP contribution >= 0.6 is 0 Å². The van der Waals surface area contributed by atoms with Crippen LogP contribution in [0.15, 0.2) is 0 Å². The van der Waals surface area contributed by atoms with Crippen molar-refractivity contribution in [2.24, 2.45) is 5.92 Å². The molecule has 1 aliphatic rings. The van der Waals surface area contributed by atoms with Gasteiger partial charge in [-0.25, -0.2) is 0 Å². The number of methoxy groups -OCH3 is 1. The van der Waals surface area contributed by atoms with E-state index in [0.717, 1.165) is 18.9 Å². The van der Waals surface area contributed by atoms with Gasteiger partial charge in [0.1, 0.15) is 6.10 Å². The van der Waals surface area contributed by atoms with E-state index >= 15 is 0 Å². The molecule has 0 bridgehead atoms. The van der Waals surface area contributed by atoms with E-state index in [1.54, 1.807) is 14.0 Å². The Balaban J connectivity index is 2.07. The molecule has 1 aliphatic carbocycles. The molecule has 1 fully saturated rings. The standard InChI is InChI=1S/C12H23NO2/c1-10(15-2)12(14)13-9-8-11-6-4-3-5-7-11/h10-11H,3-9H2,1-2H3,(H,13,14). The lowest BCUT2D eigenvalue weighted by atomic mass is 9.87. The molecule has 0 aromatic rings. The first-order valence-electron chi connectivity index (χ1n) is 6.04. The van der Waals surface area contributed by atoms with Gasteiger partial charge in [0.05, 0.1) is 0 Å². The third kappa shape index (κ3) is 4.65. The van der Waals surface area contributed by atoms with Gasteiger partial charge in [-0.2, -0.15) is 0 Å². The number of ether oxygens (including phenoxy) is 1. The SMILES string of the molecule is COC(C)C(=O)NCCC1CCCCC1. The maximum absolute atomic E-state index is 11.4. The largest absolute Gasteiger partial charge is 0.372 e. The fourth-order valence-electron chi connectivity index (χ4n) is 2.13. The molecule has 0 radical (unpaired) electrons. The number of carbonyl (C=O) groups excluding carboxylic acids is 1. The van der Waals surface area contributed by atoms with E-state index in [0.29, 0.717) is 0 Å². The van der Waals surface area contributed by atoms with Crippen LogP contribution in [-0.2, 0) is 9.53 Å². The molecule has 3 heteroatoms. The zero-order valence-electron chi connectivity index (χ0n) is 9.92. The first-order chi connectivity index (χ1) is 7.24. The minimum Gasteiger partial charge on any atom is -0.372 e. The Kier molecular flexibility index (Phi) is 5.69. The monoisotopic (exact) mass is 213 g/mol. The van der Waals surface area contributed by atoms with Crippen LogP contribution in [0.25, 0.3) is 0 Å². The minimum absolute atomic E-state index is 0.00769. The van der Waals surface area contributed by atoms with Crippen LogP contribution in [0.3, 0.4) is 0 Å². The van der Waals surface area contributed by atoms with Gasteiger partial charge in [0.2, 0.25) is 5.91 Å². The summed E-state index contributed by atoms with van der Waals surface area (Å²) in [5.41, 5.74) is 0. The zero-order valence-corrected chi connectivity index (χ0v) is 9.92. The molecule has 88 valence electrons. The number of carbonyl (C=O) groups is 1. The summed E-state index contributed by atoms with van der Waals surface area (Å²) in [6.45, 7) is 2.58. The van der Waals surface area contributed by atoms with Crippen LogP contribution in [0.2, 0.25) is 0 Å². The van der Waals surface area contributed by atoms with E-state index in [2.05, 4.69) is 5.32 Å². The van der Waals surface area contributed by atoms with E-state index < -0.39 is 0 Å². The summed E-state index contributed by atoms with van der Waals surface area (Å²) < 4.78 is 4.94. The number of nitrogens with one attached hydrogen (secondary N) is 1. The van der Waals surface area contributed by atoms with Gasteiger partial charge in [-0.3, -0.25) is 4.79 Å². The maximum Gasteiger partial charge on any atom is 0.248 e. The summed E-state index contributed by atoms with van der Waals surface area (Å²) >= 11 is 0. The van der Waals surface area contributed by atoms with Gasteiger partial charge in [-0.05, 0) is 19.3 Å². The average Bonchev–Trinajstić information content (AvgIpc) is 2.29. The molecular formula is C12H23NO2. The Bertz CT molecular complexity index is 188. The second-order valence-corrected chi connectivity index (χ2v) is 4.46. The number of amides is 1. The highest BCUT2D eigenvalue weighted by molar-refractivity contribution is 5.80. The van der Waals surface area contributed by atoms with Crippen molar-refractivity contribution < 1.29 is 9.53 Å². The lowest BCUT2D eigenvalue weighted by Gasteiger charge is -2.21. The quantitative estimate of drug-likeness (QED) is 0.759. The maximum atomic E-state index is 11.4. The highest BCUT2D eigenvalue weighted by Gasteiger charge is 2.14. The Morgan fingerprint density at radius 2 is 2.07 bits per heavy atom. The normalized spacial score (nSPS) is 19.9. The third-order valence-electron chi connectivity index (χ3n) is 3.30. The summed E-state index contributed by atoms with van der Waals surface area (Å²) in [7, 11) is 1.56. The van der Waals surface area contributed by atoms with E-state index in [9.17, 15) is 4.79 Å². The third-order valence-corrected chi connectivity index (χ3v) is 3.30. The summed E-state index contributed by atoms with van der Waals surface area (Å²) in [5.74, 6) is 0.838. The predicted molar refractivity (Wildman–Crippen MR) is 60.7 cm³/mol. The van der Waals surface area contributed by atoms with Crippen molar-refractivity contribution in [3.05, 3.63) is 0 Å². The van der Waals surface area contributed by atoms with Crippen LogP contribution in [0.5, 0.6) is 0 Å². The Morgan fingerprint density at radius 1 is 1.40 bits per heavy atom. The van der Waals surface area contributed by atoms with Crippen LogP contribution in [0.1, 0.15) is 45.4 Å². The van der Waals surface area contributed by atoms with E-state index in [4.69, 9.17) is 4.74 Å². The molecule has 1 rings (SSSR count). The number of rotatable bonds is 5. The molecule has 0 aromatic heterocycles. The molecule has 1 N–H and O–H groups in total. The molecule has 0 aromatic carbocycles. The topological polar surface area (TPSA) is 38.3 Å². The molecule has 0 spiro atoms. The van der Waals surface area contributed by atoms with Gasteiger partial charge in [0, 0.05) is 13.7 Å². The molecule has 15 heavy (non-hydrogen) atoms. The highest BCUT2D eigenvalue weighted by Crippen LogP contribution is 2.25. The Hall–Kier alpha value is -0.570. The first kappa shape index (κ1) is 12.5. The average molecular weight is 213 g/mol. The molecular weight excluding hydrogens is 190 g/mol. The molecule has 1 saturated carbocycles. The van der Waals surface area contributed by atoms with Crippen LogP contribution < -0.4 is 5.32 Å². The second-order valence-electron chi connectivity index (χ2n) is 4.46. The Labute approximate surface area is 92.6 Å². The highest BCUT2D eigenvalue weighted by atomic mass is 16.5. The molecule has 3 nitrogen and oxygen atoms in total. The number of hydrogen-bond donors (Lipinski definition) is 1. The molecule has 1 amide bonds. The summed E-state index contributed by atoms with van der Waals surface area (Å²) in [6, 6.07) is 0. The summed E-state index contributed by atoms with van der Waals surface area (Å²) in [5, 5.41) is 2.92. The van der Waals surface area contributed by atoms with Crippen molar-refractivity contribution in [3.63, 3.8) is 0 Å². The minimum atomic E-state index is -0.323. The van der Waals surface area contributed by atoms with Gasteiger partial charge >= 0.3 is 0 Å². The van der Waals surface area contributed by atoms with Gasteiger partial charge in [-0.15, -0.1) is 0 Å². The van der Waals surface area contributed by atoms with E-state index in [1.165, 1.54) is 32.1 Å². The summed E-state index contributed by atoms with van der Waals surface area (Å²) in [6.07, 6.45) is 7.62. The zero-order chi connectivity index (χ0) is 11.1. The van der Waals surface area contributed by atoms with Gasteiger partial charge in [-0.1, -0.05) is 32.1 Å². The summed E-state index contributed by atoms with van der Waals surface area (Å²) in [4.78, 5) is 11.4. The van der Waals surface area contributed by atoms with Gasteiger partial charge in [0.25, 0.3) is 0 Å². The van der Waals surface area contributed by atoms with Crippen LogP contribution in [0, 0.1) is 5.92 Å². The molecule has 1 atom stereocenters. The lowest BCUT2D eigenvalue weighted by Crippen LogP contribution is -2.35. The van der Waals surface area contributed by atoms with Crippen LogP contribution in [0.4, 0.5) is 0 Å². The van der Waals surface area contributed by atoms with Crippen molar-refractivity contribution in [2.45, 2.75) is 51.6 Å². The lowest BCUT2D eigenvalue weighted by molar-refractivity contribution is -0.130. The second kappa shape index (κ2) is 6.83. The van der Waals surface area contributed by atoms with Crippen LogP contribution in [-0.4, -0.2) is 25.7 Å². The molecule has 0 heterocycles. The molecule has 0 aliphatic heterocycles. The van der Waals surface area contributed by atoms with Gasteiger partial charge in [0.15, 0.2) is 0 Å². The number of hydrogen-bond acceptors (Lipinski definition) is 2. The smallest absolute Gasteiger partial charge is 0.248 e. The van der Waals surface area contributed by atoms with E-state index in [-0.39, 0.29) is 12.0 Å². The van der Waals surface area contributed by atoms with Crippen molar-refractivity contribution in [3.8, 4) is 0 Å². The Morgan fingerprint density at radius 3 is 2.67 bits per heavy atom. The van der Waals surface area contributed by atoms with Crippen molar-refractivity contribution in [1.29, 1.82) is 0 Å². The van der Waals surface area contributed by atoms with Crippen molar-refractivity contribution in [2.75, 3.05) is 13.7 Å². The van der Waals surface area contributed by atoms with Gasteiger partial charge < -0.3 is 10.1 Å². The van der Waals surface area contributed by atoms with E-state index in [1.807, 2.05) is 0 Å². The fraction of sp³-hybridized carbons (Fsp3) is 0.917. The first-order valence-corrected chi connectivity index (χ1v) is 6.04. The fourth-order valence-corrected chi connectivity index (χ4v) is 2.13.